The summed E-state index contributed by atoms with van der Waals surface area (Å²) < 4.78 is 0. The minimum atomic E-state index is -0.478. The summed E-state index contributed by atoms with van der Waals surface area (Å²) in [5, 5.41) is 9.77. The molecule has 0 aliphatic heterocycles. The Kier molecular flexibility index (Phi) is 4.95. The molecular weight excluding hydrogens is 338 g/mol. The van der Waals surface area contributed by atoms with Crippen molar-refractivity contribution in [3.63, 3.8) is 0 Å². The van der Waals surface area contributed by atoms with Gasteiger partial charge in [0.2, 0.25) is 5.91 Å². The summed E-state index contributed by atoms with van der Waals surface area (Å²) in [4.78, 5) is 20.6. The topological polar surface area (TPSA) is 89.1 Å². The molecule has 3 N–H and O–H groups in total. The second-order valence-corrected chi connectivity index (χ2v) is 6.04. The summed E-state index contributed by atoms with van der Waals surface area (Å²) in [6, 6.07) is 14.2. The minimum absolute atomic E-state index is 0.00685. The quantitative estimate of drug-likeness (QED) is 0.736. The van der Waals surface area contributed by atoms with E-state index in [0.717, 1.165) is 11.1 Å². The van der Waals surface area contributed by atoms with Gasteiger partial charge < -0.3 is 10.8 Å². The van der Waals surface area contributed by atoms with Gasteiger partial charge in [0.15, 0.2) is 0 Å². The highest BCUT2D eigenvalue weighted by Crippen LogP contribution is 2.28. The van der Waals surface area contributed by atoms with E-state index in [1.807, 2.05) is 30.3 Å². The maximum atomic E-state index is 11.9. The van der Waals surface area contributed by atoms with E-state index in [1.54, 1.807) is 24.5 Å². The first-order chi connectivity index (χ1) is 12.0. The van der Waals surface area contributed by atoms with Crippen molar-refractivity contribution in [2.24, 2.45) is 5.73 Å². The molecule has 0 fully saturated rings. The average Bonchev–Trinajstić information content (AvgIpc) is 2.63. The molecule has 5 nitrogen and oxygen atoms in total. The summed E-state index contributed by atoms with van der Waals surface area (Å²) in [5.74, 6) is -0.882. The SMILES string of the molecule is NC(=O)[C@H](Cc1cncc(-c2ccc(O)c(Cl)c2)n1)c1ccccc1. The number of phenols is 1. The van der Waals surface area contributed by atoms with Gasteiger partial charge in [-0.2, -0.15) is 0 Å². The fourth-order valence-electron chi connectivity index (χ4n) is 2.59. The van der Waals surface area contributed by atoms with Gasteiger partial charge in [-0.15, -0.1) is 0 Å². The van der Waals surface area contributed by atoms with Crippen LogP contribution in [-0.2, 0) is 11.2 Å². The molecule has 0 bridgehead atoms. The number of nitrogens with zero attached hydrogens (tertiary/aromatic N) is 2. The number of rotatable bonds is 5. The first kappa shape index (κ1) is 16.9. The van der Waals surface area contributed by atoms with Crippen LogP contribution in [0.3, 0.4) is 0 Å². The predicted molar refractivity (Wildman–Crippen MR) is 96.2 cm³/mol. The predicted octanol–water partition coefficient (Wildman–Crippen LogP) is 3.31. The highest BCUT2D eigenvalue weighted by Gasteiger charge is 2.19. The normalized spacial score (nSPS) is 11.9. The van der Waals surface area contributed by atoms with Crippen LogP contribution >= 0.6 is 11.6 Å². The summed E-state index contributed by atoms with van der Waals surface area (Å²) in [7, 11) is 0. The molecule has 0 aliphatic carbocycles. The van der Waals surface area contributed by atoms with E-state index >= 15 is 0 Å². The number of aromatic hydroxyl groups is 1. The molecule has 0 spiro atoms. The van der Waals surface area contributed by atoms with Gasteiger partial charge >= 0.3 is 0 Å². The van der Waals surface area contributed by atoms with Crippen molar-refractivity contribution < 1.29 is 9.90 Å². The Morgan fingerprint density at radius 2 is 1.92 bits per heavy atom. The van der Waals surface area contributed by atoms with Crippen LogP contribution in [0.25, 0.3) is 11.3 Å². The molecule has 0 unspecified atom stereocenters. The standard InChI is InChI=1S/C19H16ClN3O2/c20-16-8-13(6-7-18(16)24)17-11-22-10-14(23-17)9-15(19(21)25)12-4-2-1-3-5-12/h1-8,10-11,15,24H,9H2,(H2,21,25)/t15-/m1/s1. The Labute approximate surface area is 150 Å². The lowest BCUT2D eigenvalue weighted by atomic mass is 9.93. The highest BCUT2D eigenvalue weighted by molar-refractivity contribution is 6.32. The van der Waals surface area contributed by atoms with Gasteiger partial charge in [-0.05, 0) is 23.8 Å². The van der Waals surface area contributed by atoms with Crippen molar-refractivity contribution in [2.45, 2.75) is 12.3 Å². The lowest BCUT2D eigenvalue weighted by molar-refractivity contribution is -0.119. The fourth-order valence-corrected chi connectivity index (χ4v) is 2.77. The van der Waals surface area contributed by atoms with Gasteiger partial charge in [-0.3, -0.25) is 9.78 Å². The Bertz CT molecular complexity index is 900. The largest absolute Gasteiger partial charge is 0.506 e. The number of halogens is 1. The molecule has 2 aromatic carbocycles. The Hall–Kier alpha value is -2.92. The van der Waals surface area contributed by atoms with E-state index in [0.29, 0.717) is 17.8 Å². The number of benzene rings is 2. The van der Waals surface area contributed by atoms with Crippen LogP contribution < -0.4 is 5.73 Å². The molecule has 25 heavy (non-hydrogen) atoms. The number of amides is 1. The average molecular weight is 354 g/mol. The van der Waals surface area contributed by atoms with E-state index < -0.39 is 11.8 Å². The van der Waals surface area contributed by atoms with Crippen molar-refractivity contribution in [3.8, 4) is 17.0 Å². The van der Waals surface area contributed by atoms with Crippen molar-refractivity contribution in [3.05, 3.63) is 77.2 Å². The van der Waals surface area contributed by atoms with Gasteiger partial charge in [-0.1, -0.05) is 41.9 Å². The molecule has 1 amide bonds. The molecule has 1 aromatic heterocycles. The second kappa shape index (κ2) is 7.32. The van der Waals surface area contributed by atoms with Crippen LogP contribution in [0.2, 0.25) is 5.02 Å². The number of nitrogens with two attached hydrogens (primary N) is 1. The van der Waals surface area contributed by atoms with Gasteiger partial charge in [0, 0.05) is 18.2 Å². The number of phenolic OH excluding ortho intramolecular Hbond substituents is 1. The van der Waals surface area contributed by atoms with Crippen LogP contribution in [0.4, 0.5) is 0 Å². The second-order valence-electron chi connectivity index (χ2n) is 5.63. The molecule has 126 valence electrons. The molecular formula is C19H16ClN3O2. The first-order valence-corrected chi connectivity index (χ1v) is 8.06. The first-order valence-electron chi connectivity index (χ1n) is 7.68. The summed E-state index contributed by atoms with van der Waals surface area (Å²) >= 11 is 5.95. The number of primary amides is 1. The zero-order chi connectivity index (χ0) is 17.8. The summed E-state index contributed by atoms with van der Waals surface area (Å²) in [6.07, 6.45) is 3.57. The summed E-state index contributed by atoms with van der Waals surface area (Å²) in [6.45, 7) is 0. The fraction of sp³-hybridized carbons (Fsp3) is 0.105. The maximum absolute atomic E-state index is 11.9. The van der Waals surface area contributed by atoms with Crippen molar-refractivity contribution in [2.75, 3.05) is 0 Å². The molecule has 3 aromatic rings. The minimum Gasteiger partial charge on any atom is -0.506 e. The van der Waals surface area contributed by atoms with Gasteiger partial charge in [0.05, 0.1) is 28.5 Å². The van der Waals surface area contributed by atoms with E-state index in [2.05, 4.69) is 9.97 Å². The van der Waals surface area contributed by atoms with E-state index in [1.165, 1.54) is 6.07 Å². The van der Waals surface area contributed by atoms with Crippen molar-refractivity contribution in [1.29, 1.82) is 0 Å². The molecule has 1 atom stereocenters. The number of hydrogen-bond acceptors (Lipinski definition) is 4. The van der Waals surface area contributed by atoms with Crippen molar-refractivity contribution in [1.82, 2.24) is 9.97 Å². The number of carbonyl (C=O) groups excluding carboxylic acids is 1. The van der Waals surface area contributed by atoms with Gasteiger partial charge in [0.25, 0.3) is 0 Å². The molecule has 1 heterocycles. The van der Waals surface area contributed by atoms with Gasteiger partial charge in [-0.25, -0.2) is 4.98 Å². The third-order valence-electron chi connectivity index (χ3n) is 3.89. The Balaban J connectivity index is 1.90. The van der Waals surface area contributed by atoms with Crippen LogP contribution in [-0.4, -0.2) is 21.0 Å². The molecule has 0 radical (unpaired) electrons. The molecule has 6 heteroatoms. The number of carbonyl (C=O) groups is 1. The van der Waals surface area contributed by atoms with Crippen LogP contribution in [0.15, 0.2) is 60.9 Å². The molecule has 0 aliphatic rings. The smallest absolute Gasteiger partial charge is 0.225 e. The zero-order valence-electron chi connectivity index (χ0n) is 13.3. The summed E-state index contributed by atoms with van der Waals surface area (Å²) in [5.41, 5.74) is 8.40. The molecule has 0 saturated heterocycles. The van der Waals surface area contributed by atoms with Crippen LogP contribution in [0, 0.1) is 0 Å². The van der Waals surface area contributed by atoms with Crippen molar-refractivity contribution >= 4 is 17.5 Å². The third-order valence-corrected chi connectivity index (χ3v) is 4.19. The number of hydrogen-bond donors (Lipinski definition) is 2. The van der Waals surface area contributed by atoms with Crippen LogP contribution in [0.5, 0.6) is 5.75 Å². The monoisotopic (exact) mass is 353 g/mol. The lowest BCUT2D eigenvalue weighted by Crippen LogP contribution is -2.23. The highest BCUT2D eigenvalue weighted by atomic mass is 35.5. The lowest BCUT2D eigenvalue weighted by Gasteiger charge is -2.13. The van der Waals surface area contributed by atoms with Crippen LogP contribution in [0.1, 0.15) is 17.2 Å². The maximum Gasteiger partial charge on any atom is 0.225 e. The Morgan fingerprint density at radius 3 is 2.60 bits per heavy atom. The van der Waals surface area contributed by atoms with E-state index in [9.17, 15) is 9.90 Å². The number of aromatic nitrogens is 2. The molecule has 3 rings (SSSR count). The Morgan fingerprint density at radius 1 is 1.16 bits per heavy atom. The molecule has 0 saturated carbocycles. The van der Waals surface area contributed by atoms with Gasteiger partial charge in [0.1, 0.15) is 5.75 Å². The van der Waals surface area contributed by atoms with E-state index in [-0.39, 0.29) is 10.8 Å². The zero-order valence-corrected chi connectivity index (χ0v) is 14.0. The van der Waals surface area contributed by atoms with E-state index in [4.69, 9.17) is 17.3 Å². The third kappa shape index (κ3) is 3.95.